The molecule has 1 spiro atoms. The van der Waals surface area contributed by atoms with Crippen molar-refractivity contribution in [1.82, 2.24) is 5.32 Å². The van der Waals surface area contributed by atoms with Crippen LogP contribution in [0.3, 0.4) is 0 Å². The lowest BCUT2D eigenvalue weighted by molar-refractivity contribution is 0.0755. The second kappa shape index (κ2) is 5.58. The maximum Gasteiger partial charge on any atom is 0.130 e. The molecular weight excluding hydrogens is 250 g/mol. The summed E-state index contributed by atoms with van der Waals surface area (Å²) in [6.45, 7) is 6.83. The minimum atomic E-state index is -0.144. The highest BCUT2D eigenvalue weighted by atomic mass is 16.5. The molecule has 0 atom stereocenters. The minimum absolute atomic E-state index is 0.144. The van der Waals surface area contributed by atoms with Crippen molar-refractivity contribution in [3.8, 4) is 5.75 Å². The molecule has 2 heterocycles. The maximum atomic E-state index is 6.33. The molecule has 3 heteroatoms. The molecule has 1 aromatic carbocycles. The molecule has 0 bridgehead atoms. The predicted octanol–water partition coefficient (Wildman–Crippen LogP) is 3.01. The lowest BCUT2D eigenvalue weighted by Crippen LogP contribution is -2.46. The van der Waals surface area contributed by atoms with Crippen molar-refractivity contribution in [1.29, 1.82) is 0 Å². The lowest BCUT2D eigenvalue weighted by atomic mass is 9.86. The van der Waals surface area contributed by atoms with Crippen LogP contribution in [0.1, 0.15) is 32.3 Å². The van der Waals surface area contributed by atoms with Gasteiger partial charge in [-0.25, -0.2) is 0 Å². The zero-order chi connectivity index (χ0) is 14.0. The Balaban J connectivity index is 1.92. The molecule has 2 aliphatic rings. The number of para-hydroxylation sites is 1. The number of piperidine rings is 1. The summed E-state index contributed by atoms with van der Waals surface area (Å²) in [6.07, 6.45) is 4.59. The van der Waals surface area contributed by atoms with Crippen molar-refractivity contribution in [2.24, 2.45) is 0 Å². The number of fused-ring (bicyclic) bond motifs is 1. The van der Waals surface area contributed by atoms with Crippen LogP contribution in [0.4, 0.5) is 0 Å². The second-order valence-electron chi connectivity index (χ2n) is 5.94. The van der Waals surface area contributed by atoms with Crippen molar-refractivity contribution >= 4 is 5.57 Å². The standard InChI is InChI=1S/C17H23NO2/c1-13(2)19-12-14-11-17(7-9-18-10-8-17)20-16-6-4-3-5-15(14)16/h3-6,11,13,18H,7-10,12H2,1-2H3. The molecule has 3 rings (SSSR count). The number of rotatable bonds is 3. The van der Waals surface area contributed by atoms with Crippen LogP contribution in [0.2, 0.25) is 0 Å². The van der Waals surface area contributed by atoms with Gasteiger partial charge in [-0.2, -0.15) is 0 Å². The van der Waals surface area contributed by atoms with Gasteiger partial charge in [0, 0.05) is 18.4 Å². The molecule has 20 heavy (non-hydrogen) atoms. The largest absolute Gasteiger partial charge is 0.482 e. The molecule has 0 aromatic heterocycles. The molecule has 1 fully saturated rings. The molecular formula is C17H23NO2. The zero-order valence-corrected chi connectivity index (χ0v) is 12.3. The molecule has 0 saturated carbocycles. The first-order valence-corrected chi connectivity index (χ1v) is 7.51. The van der Waals surface area contributed by atoms with Crippen LogP contribution in [-0.4, -0.2) is 31.4 Å². The summed E-state index contributed by atoms with van der Waals surface area (Å²) >= 11 is 0. The van der Waals surface area contributed by atoms with E-state index in [-0.39, 0.29) is 11.7 Å². The normalized spacial score (nSPS) is 20.4. The Labute approximate surface area is 121 Å². The quantitative estimate of drug-likeness (QED) is 0.918. The third-order valence-electron chi connectivity index (χ3n) is 4.01. The monoisotopic (exact) mass is 273 g/mol. The molecule has 3 nitrogen and oxygen atoms in total. The lowest BCUT2D eigenvalue weighted by Gasteiger charge is -2.40. The van der Waals surface area contributed by atoms with E-state index in [1.807, 2.05) is 6.07 Å². The summed E-state index contributed by atoms with van der Waals surface area (Å²) < 4.78 is 12.2. The first kappa shape index (κ1) is 13.7. The van der Waals surface area contributed by atoms with Crippen molar-refractivity contribution < 1.29 is 9.47 Å². The predicted molar refractivity (Wildman–Crippen MR) is 81.0 cm³/mol. The first-order chi connectivity index (χ1) is 9.69. The van der Waals surface area contributed by atoms with Gasteiger partial charge >= 0.3 is 0 Å². The molecule has 0 amide bonds. The highest BCUT2D eigenvalue weighted by molar-refractivity contribution is 5.74. The zero-order valence-electron chi connectivity index (χ0n) is 12.3. The fourth-order valence-electron chi connectivity index (χ4n) is 2.94. The van der Waals surface area contributed by atoms with E-state index in [9.17, 15) is 0 Å². The Kier molecular flexibility index (Phi) is 3.81. The molecule has 2 aliphatic heterocycles. The summed E-state index contributed by atoms with van der Waals surface area (Å²) in [6, 6.07) is 8.30. The van der Waals surface area contributed by atoms with Gasteiger partial charge in [0.15, 0.2) is 0 Å². The van der Waals surface area contributed by atoms with Gasteiger partial charge in [0.1, 0.15) is 11.4 Å². The Morgan fingerprint density at radius 3 is 2.75 bits per heavy atom. The van der Waals surface area contributed by atoms with Crippen LogP contribution in [0.5, 0.6) is 5.75 Å². The number of nitrogens with one attached hydrogen (secondary N) is 1. The molecule has 1 aromatic rings. The number of benzene rings is 1. The third-order valence-corrected chi connectivity index (χ3v) is 4.01. The third kappa shape index (κ3) is 2.74. The topological polar surface area (TPSA) is 30.5 Å². The molecule has 1 saturated heterocycles. The first-order valence-electron chi connectivity index (χ1n) is 7.51. The van der Waals surface area contributed by atoms with Crippen molar-refractivity contribution in [2.45, 2.75) is 38.4 Å². The van der Waals surface area contributed by atoms with Gasteiger partial charge in [0.05, 0.1) is 12.7 Å². The highest BCUT2D eigenvalue weighted by Crippen LogP contribution is 2.39. The Bertz CT molecular complexity index is 501. The van der Waals surface area contributed by atoms with Crippen molar-refractivity contribution in [3.63, 3.8) is 0 Å². The van der Waals surface area contributed by atoms with E-state index in [0.29, 0.717) is 6.61 Å². The van der Waals surface area contributed by atoms with Gasteiger partial charge in [0.25, 0.3) is 0 Å². The van der Waals surface area contributed by atoms with E-state index in [0.717, 1.165) is 31.7 Å². The smallest absolute Gasteiger partial charge is 0.130 e. The number of hydrogen-bond donors (Lipinski definition) is 1. The Hall–Kier alpha value is -1.32. The molecule has 0 radical (unpaired) electrons. The maximum absolute atomic E-state index is 6.33. The summed E-state index contributed by atoms with van der Waals surface area (Å²) in [5.74, 6) is 0.999. The summed E-state index contributed by atoms with van der Waals surface area (Å²) in [4.78, 5) is 0. The van der Waals surface area contributed by atoms with Crippen LogP contribution >= 0.6 is 0 Å². The minimum Gasteiger partial charge on any atom is -0.482 e. The van der Waals surface area contributed by atoms with Gasteiger partial charge in [-0.15, -0.1) is 0 Å². The summed E-state index contributed by atoms with van der Waals surface area (Å²) in [5.41, 5.74) is 2.30. The van der Waals surface area contributed by atoms with Gasteiger partial charge in [-0.05, 0) is 44.7 Å². The number of ether oxygens (including phenoxy) is 2. The Morgan fingerprint density at radius 1 is 1.25 bits per heavy atom. The van der Waals surface area contributed by atoms with Crippen molar-refractivity contribution in [2.75, 3.05) is 19.7 Å². The van der Waals surface area contributed by atoms with E-state index < -0.39 is 0 Å². The van der Waals surface area contributed by atoms with Gasteiger partial charge < -0.3 is 14.8 Å². The molecule has 0 unspecified atom stereocenters. The van der Waals surface area contributed by atoms with Crippen LogP contribution in [-0.2, 0) is 4.74 Å². The fourth-order valence-corrected chi connectivity index (χ4v) is 2.94. The van der Waals surface area contributed by atoms with Gasteiger partial charge in [0.2, 0.25) is 0 Å². The van der Waals surface area contributed by atoms with E-state index >= 15 is 0 Å². The van der Waals surface area contributed by atoms with Crippen LogP contribution in [0, 0.1) is 0 Å². The van der Waals surface area contributed by atoms with Crippen LogP contribution in [0.25, 0.3) is 5.57 Å². The van der Waals surface area contributed by atoms with E-state index in [1.165, 1.54) is 11.1 Å². The number of hydrogen-bond acceptors (Lipinski definition) is 3. The van der Waals surface area contributed by atoms with Crippen LogP contribution < -0.4 is 10.1 Å². The SMILES string of the molecule is CC(C)OCC1=CC2(CCNCC2)Oc2ccccc21. The van der Waals surface area contributed by atoms with Gasteiger partial charge in [-0.3, -0.25) is 0 Å². The highest BCUT2D eigenvalue weighted by Gasteiger charge is 2.36. The van der Waals surface area contributed by atoms with E-state index in [4.69, 9.17) is 9.47 Å². The second-order valence-corrected chi connectivity index (χ2v) is 5.94. The summed E-state index contributed by atoms with van der Waals surface area (Å²) in [5, 5.41) is 3.40. The Morgan fingerprint density at radius 2 is 2.00 bits per heavy atom. The van der Waals surface area contributed by atoms with Crippen LogP contribution in [0.15, 0.2) is 30.3 Å². The molecule has 108 valence electrons. The van der Waals surface area contributed by atoms with E-state index in [2.05, 4.69) is 43.4 Å². The molecule has 1 N–H and O–H groups in total. The molecule has 0 aliphatic carbocycles. The average molecular weight is 273 g/mol. The summed E-state index contributed by atoms with van der Waals surface area (Å²) in [7, 11) is 0. The average Bonchev–Trinajstić information content (AvgIpc) is 2.45. The van der Waals surface area contributed by atoms with Crippen molar-refractivity contribution in [3.05, 3.63) is 35.9 Å². The van der Waals surface area contributed by atoms with E-state index in [1.54, 1.807) is 0 Å². The fraction of sp³-hybridized carbons (Fsp3) is 0.529. The van der Waals surface area contributed by atoms with Gasteiger partial charge in [-0.1, -0.05) is 18.2 Å².